The number of hydrogen-bond acceptors (Lipinski definition) is 6. The first-order valence-corrected chi connectivity index (χ1v) is 17.6. The summed E-state index contributed by atoms with van der Waals surface area (Å²) in [7, 11) is -0.275. The second-order valence-corrected chi connectivity index (χ2v) is 15.0. The molecule has 43 heavy (non-hydrogen) atoms. The van der Waals surface area contributed by atoms with E-state index in [4.69, 9.17) is 25.8 Å². The van der Waals surface area contributed by atoms with Crippen molar-refractivity contribution in [2.45, 2.75) is 82.8 Å². The van der Waals surface area contributed by atoms with Gasteiger partial charge in [-0.3, -0.25) is 9.00 Å². The predicted molar refractivity (Wildman–Crippen MR) is 172 cm³/mol. The molecule has 0 spiro atoms. The van der Waals surface area contributed by atoms with Crippen molar-refractivity contribution in [3.05, 3.63) is 58.1 Å². The van der Waals surface area contributed by atoms with Crippen molar-refractivity contribution >= 4 is 33.8 Å². The van der Waals surface area contributed by atoms with E-state index in [9.17, 15) is 9.00 Å². The number of methoxy groups -OCH3 is 1. The zero-order valence-electron chi connectivity index (χ0n) is 25.5. The summed E-state index contributed by atoms with van der Waals surface area (Å²) in [6, 6.07) is 11.8. The summed E-state index contributed by atoms with van der Waals surface area (Å²) in [5, 5.41) is 0.472. The molecule has 0 radical (unpaired) electrons. The molecule has 1 saturated carbocycles. The van der Waals surface area contributed by atoms with Crippen LogP contribution in [0.1, 0.15) is 73.9 Å². The van der Waals surface area contributed by atoms with Crippen LogP contribution in [-0.2, 0) is 33.0 Å². The maximum atomic E-state index is 13.5. The number of rotatable bonds is 1. The van der Waals surface area contributed by atoms with Gasteiger partial charge in [0.1, 0.15) is 5.75 Å². The third-order valence-electron chi connectivity index (χ3n) is 10.5. The van der Waals surface area contributed by atoms with Gasteiger partial charge in [0.25, 0.3) is 5.91 Å². The third-order valence-corrected chi connectivity index (χ3v) is 12.3. The molecule has 7 nitrogen and oxygen atoms in total. The van der Waals surface area contributed by atoms with Crippen molar-refractivity contribution in [1.82, 2.24) is 0 Å². The first kappa shape index (κ1) is 30.9. The monoisotopic (exact) mass is 628 g/mol. The van der Waals surface area contributed by atoms with Crippen LogP contribution in [-0.4, -0.2) is 54.4 Å². The second-order valence-electron chi connectivity index (χ2n) is 13.0. The highest BCUT2D eigenvalue weighted by atomic mass is 35.5. The van der Waals surface area contributed by atoms with Crippen LogP contribution in [0, 0.1) is 23.7 Å². The number of benzene rings is 2. The largest absolute Gasteiger partial charge is 0.491 e. The summed E-state index contributed by atoms with van der Waals surface area (Å²) in [6.45, 7) is 6.84. The molecule has 2 aromatic carbocycles. The molecule has 0 N–H and O–H groups in total. The minimum absolute atomic E-state index is 0.0133. The molecule has 2 aromatic rings. The summed E-state index contributed by atoms with van der Waals surface area (Å²) >= 11 is 6.45. The Morgan fingerprint density at radius 1 is 1.02 bits per heavy atom. The Kier molecular flexibility index (Phi) is 9.67. The van der Waals surface area contributed by atoms with Gasteiger partial charge in [0.2, 0.25) is 0 Å². The van der Waals surface area contributed by atoms with E-state index >= 15 is 0 Å². The lowest BCUT2D eigenvalue weighted by Gasteiger charge is -2.45. The van der Waals surface area contributed by atoms with Gasteiger partial charge in [-0.2, -0.15) is 4.36 Å². The molecular weight excluding hydrogens is 584 g/mol. The molecule has 6 rings (SSSR count). The van der Waals surface area contributed by atoms with Crippen molar-refractivity contribution in [2.75, 3.05) is 31.8 Å². The number of aryl methyl sites for hydroxylation is 1. The van der Waals surface area contributed by atoms with Crippen LogP contribution in [0.15, 0.2) is 40.8 Å². The molecule has 4 aliphatic rings. The Balaban J connectivity index is 1.44. The van der Waals surface area contributed by atoms with Gasteiger partial charge < -0.3 is 19.1 Å². The van der Waals surface area contributed by atoms with E-state index in [1.165, 1.54) is 11.1 Å². The van der Waals surface area contributed by atoms with Crippen molar-refractivity contribution in [3.8, 4) is 5.75 Å². The van der Waals surface area contributed by atoms with Crippen LogP contribution in [0.25, 0.3) is 0 Å². The van der Waals surface area contributed by atoms with Gasteiger partial charge in [0.15, 0.2) is 0 Å². The van der Waals surface area contributed by atoms with Gasteiger partial charge in [-0.05, 0) is 117 Å². The molecule has 0 aromatic heterocycles. The molecule has 1 unspecified atom stereocenters. The molecular formula is C34H45ClN2O5S. The summed E-state index contributed by atoms with van der Waals surface area (Å²) < 4.78 is 36.5. The lowest BCUT2D eigenvalue weighted by atomic mass is 9.68. The Labute approximate surface area is 262 Å². The average Bonchev–Trinajstić information content (AvgIpc) is 3.44. The first-order valence-electron chi connectivity index (χ1n) is 16.0. The molecule has 1 aliphatic carbocycles. The van der Waals surface area contributed by atoms with Gasteiger partial charge >= 0.3 is 0 Å². The summed E-state index contributed by atoms with van der Waals surface area (Å²) in [4.78, 5) is 15.9. The fourth-order valence-corrected chi connectivity index (χ4v) is 8.84. The second kappa shape index (κ2) is 13.5. The van der Waals surface area contributed by atoms with Crippen molar-refractivity contribution in [1.29, 1.82) is 0 Å². The van der Waals surface area contributed by atoms with Gasteiger partial charge in [-0.15, -0.1) is 0 Å². The number of carbonyl (C=O) groups is 1. The number of ether oxygens (including phenoxy) is 3. The molecule has 9 heteroatoms. The Morgan fingerprint density at radius 3 is 2.67 bits per heavy atom. The molecule has 3 heterocycles. The van der Waals surface area contributed by atoms with E-state index in [1.54, 1.807) is 6.07 Å². The van der Waals surface area contributed by atoms with Gasteiger partial charge in [-0.25, -0.2) is 0 Å². The van der Waals surface area contributed by atoms with E-state index in [1.807, 2.05) is 32.2 Å². The number of halogens is 1. The maximum absolute atomic E-state index is 13.5. The number of amides is 1. The van der Waals surface area contributed by atoms with E-state index in [0.717, 1.165) is 68.0 Å². The molecule has 2 fully saturated rings. The highest BCUT2D eigenvalue weighted by Gasteiger charge is 2.43. The van der Waals surface area contributed by atoms with Crippen LogP contribution in [0.4, 0.5) is 5.69 Å². The fourth-order valence-electron chi connectivity index (χ4n) is 7.60. The predicted octanol–water partition coefficient (Wildman–Crippen LogP) is 6.74. The van der Waals surface area contributed by atoms with E-state index in [-0.39, 0.29) is 23.4 Å². The number of fused-ring (bicyclic) bond motifs is 4. The topological polar surface area (TPSA) is 77.4 Å². The Hall–Kier alpha value is -2.13. The average molecular weight is 629 g/mol. The number of thiol groups is 1. The van der Waals surface area contributed by atoms with E-state index in [0.29, 0.717) is 43.1 Å². The molecule has 3 aliphatic heterocycles. The van der Waals surface area contributed by atoms with Gasteiger partial charge in [-0.1, -0.05) is 24.6 Å². The third kappa shape index (κ3) is 6.63. The SMILES string of the molecule is CO[C@H]1C[C@H]2CCO[C@@H]2[C@H](C)[C@@H](C)/[SH](=O)=N\C(=O)c2ccc3c(c2)N(Cc2ccc(Cl)cc2CCCCO3)C[C@@H]2CC[C@H]21. The molecule has 1 amide bonds. The van der Waals surface area contributed by atoms with E-state index in [2.05, 4.69) is 28.3 Å². The zero-order chi connectivity index (χ0) is 30.1. The van der Waals surface area contributed by atoms with Crippen molar-refractivity contribution < 1.29 is 23.2 Å². The highest BCUT2D eigenvalue weighted by Crippen LogP contribution is 2.44. The lowest BCUT2D eigenvalue weighted by Crippen LogP contribution is -2.45. The standard InChI is InChI=1S/C34H45ClN2O5S/c1-21-22(2)43(39)36-34(38)25-9-12-31-30(17-25)37(19-26-7-10-28(35)16-23(26)6-4-5-14-41-31)20-27-8-11-29(27)32(40-3)18-24-13-15-42-33(21)24/h7,9-10,12,16-17,21-22,24,27,29,32-33,43H,4-6,8,11,13-15,18-20H2,1-3H3/t21-,22-,24-,27+,29-,32+,33-/m1/s1. The van der Waals surface area contributed by atoms with E-state index < -0.39 is 16.5 Å². The minimum Gasteiger partial charge on any atom is -0.491 e. The normalized spacial score (nSPS) is 33.9. The number of hydrogen-bond donors (Lipinski definition) is 1. The molecule has 2 bridgehead atoms. The van der Waals surface area contributed by atoms with Crippen molar-refractivity contribution in [3.63, 3.8) is 0 Å². The Morgan fingerprint density at radius 2 is 1.88 bits per heavy atom. The zero-order valence-corrected chi connectivity index (χ0v) is 27.2. The number of anilines is 1. The van der Waals surface area contributed by atoms with Crippen LogP contribution in [0.5, 0.6) is 5.75 Å². The lowest BCUT2D eigenvalue weighted by molar-refractivity contribution is -0.0411. The Bertz CT molecular complexity index is 1410. The van der Waals surface area contributed by atoms with Crippen LogP contribution in [0.2, 0.25) is 5.02 Å². The van der Waals surface area contributed by atoms with Crippen LogP contribution in [0.3, 0.4) is 0 Å². The highest BCUT2D eigenvalue weighted by molar-refractivity contribution is 7.76. The minimum atomic E-state index is -2.12. The maximum Gasteiger partial charge on any atom is 0.284 e. The smallest absolute Gasteiger partial charge is 0.284 e. The fraction of sp³-hybridized carbons (Fsp3) is 0.618. The number of carbonyl (C=O) groups excluding carboxylic acids is 1. The van der Waals surface area contributed by atoms with Crippen molar-refractivity contribution in [2.24, 2.45) is 28.0 Å². The van der Waals surface area contributed by atoms with Crippen LogP contribution < -0.4 is 9.64 Å². The van der Waals surface area contributed by atoms with Crippen LogP contribution >= 0.6 is 11.6 Å². The summed E-state index contributed by atoms with van der Waals surface area (Å²) in [5.74, 6) is 1.56. The summed E-state index contributed by atoms with van der Waals surface area (Å²) in [6.07, 6.45) is 7.17. The van der Waals surface area contributed by atoms with Gasteiger partial charge in [0, 0.05) is 53.2 Å². The number of nitrogens with zero attached hydrogens (tertiary/aromatic N) is 2. The molecule has 8 atom stereocenters. The summed E-state index contributed by atoms with van der Waals surface area (Å²) in [5.41, 5.74) is 3.82. The van der Waals surface area contributed by atoms with Gasteiger partial charge in [0.05, 0.1) is 24.5 Å². The first-order chi connectivity index (χ1) is 20.8. The quantitative estimate of drug-likeness (QED) is 0.353. The molecule has 1 saturated heterocycles. The molecule has 234 valence electrons.